The maximum Gasteiger partial charge on any atom is 0.177 e. The molecule has 32 heavy (non-hydrogen) atoms. The van der Waals surface area contributed by atoms with Gasteiger partial charge in [0, 0.05) is 69.7 Å². The second-order valence-corrected chi connectivity index (χ2v) is 9.82. The van der Waals surface area contributed by atoms with Crippen LogP contribution in [0.25, 0.3) is 43.5 Å². The number of furan rings is 1. The Morgan fingerprint density at radius 3 is 2.84 bits per heavy atom. The van der Waals surface area contributed by atoms with Crippen LogP contribution in [0.15, 0.2) is 52.9 Å². The monoisotopic (exact) mass is 442 g/mol. The number of hydrogen-bond donors (Lipinski definition) is 2. The van der Waals surface area contributed by atoms with Gasteiger partial charge in [0.1, 0.15) is 5.76 Å². The Kier molecular flexibility index (Phi) is 3.95. The van der Waals surface area contributed by atoms with Gasteiger partial charge in [0.15, 0.2) is 11.4 Å². The van der Waals surface area contributed by atoms with Crippen molar-refractivity contribution in [2.24, 2.45) is 0 Å². The van der Waals surface area contributed by atoms with E-state index in [0.717, 1.165) is 50.8 Å². The molecular formula is C24H22N6OS. The Hall–Kier alpha value is -3.23. The Morgan fingerprint density at radius 2 is 1.97 bits per heavy atom. The molecule has 5 aromatic rings. The molecule has 0 amide bonds. The zero-order chi connectivity index (χ0) is 21.2. The number of nitrogens with one attached hydrogen (secondary N) is 1. The normalized spacial score (nSPS) is 22.8. The summed E-state index contributed by atoms with van der Waals surface area (Å²) in [5.74, 6) is 1.19. The number of nitrogen functional groups attached to an aromatic ring is 1. The van der Waals surface area contributed by atoms with Gasteiger partial charge in [0.25, 0.3) is 0 Å². The van der Waals surface area contributed by atoms with Crippen LogP contribution >= 0.6 is 11.3 Å². The van der Waals surface area contributed by atoms with E-state index >= 15 is 0 Å². The summed E-state index contributed by atoms with van der Waals surface area (Å²) in [5.41, 5.74) is 9.91. The Morgan fingerprint density at radius 1 is 1.09 bits per heavy atom. The van der Waals surface area contributed by atoms with Gasteiger partial charge < -0.3 is 15.5 Å². The van der Waals surface area contributed by atoms with Crippen molar-refractivity contribution in [2.45, 2.75) is 43.8 Å². The van der Waals surface area contributed by atoms with Crippen molar-refractivity contribution in [3.8, 4) is 22.5 Å². The molecule has 2 bridgehead atoms. The van der Waals surface area contributed by atoms with Crippen LogP contribution in [-0.4, -0.2) is 31.8 Å². The number of thiophene rings is 1. The van der Waals surface area contributed by atoms with E-state index in [1.54, 1.807) is 11.3 Å². The molecule has 0 aromatic carbocycles. The van der Waals surface area contributed by atoms with Gasteiger partial charge in [-0.2, -0.15) is 5.10 Å². The van der Waals surface area contributed by atoms with Crippen LogP contribution < -0.4 is 11.1 Å². The van der Waals surface area contributed by atoms with Crippen LogP contribution in [0, 0.1) is 0 Å². The fourth-order valence-electron chi connectivity index (χ4n) is 5.40. The minimum Gasteiger partial charge on any atom is -0.452 e. The number of piperidine rings is 1. The SMILES string of the molecule is Nc1ncc(-c2cnn(C3C[C@H]4CC[C@@H](C3)N4)c2)c2cc(-c3csc4cnccc34)oc12. The molecule has 160 valence electrons. The van der Waals surface area contributed by atoms with Gasteiger partial charge in [-0.3, -0.25) is 9.67 Å². The molecule has 2 aliphatic rings. The molecule has 2 fully saturated rings. The highest BCUT2D eigenvalue weighted by atomic mass is 32.1. The quantitative estimate of drug-likeness (QED) is 0.408. The average Bonchev–Trinajstić information content (AvgIpc) is 3.59. The number of nitrogens with zero attached hydrogens (tertiary/aromatic N) is 4. The van der Waals surface area contributed by atoms with E-state index in [0.29, 0.717) is 29.5 Å². The first-order valence-electron chi connectivity index (χ1n) is 11.0. The van der Waals surface area contributed by atoms with E-state index < -0.39 is 0 Å². The molecule has 2 aliphatic heterocycles. The van der Waals surface area contributed by atoms with Crippen molar-refractivity contribution < 1.29 is 4.42 Å². The fourth-order valence-corrected chi connectivity index (χ4v) is 6.31. The number of rotatable bonds is 3. The molecule has 7 heterocycles. The van der Waals surface area contributed by atoms with E-state index in [2.05, 4.69) is 37.6 Å². The Bertz CT molecular complexity index is 1450. The number of aromatic nitrogens is 4. The number of nitrogens with two attached hydrogens (primary N) is 1. The third-order valence-electron chi connectivity index (χ3n) is 6.97. The first kappa shape index (κ1) is 18.4. The smallest absolute Gasteiger partial charge is 0.177 e. The number of pyridine rings is 2. The molecule has 0 spiro atoms. The molecule has 0 aliphatic carbocycles. The van der Waals surface area contributed by atoms with E-state index in [9.17, 15) is 0 Å². The predicted octanol–water partition coefficient (Wildman–Crippen LogP) is 5.01. The summed E-state index contributed by atoms with van der Waals surface area (Å²) in [6.45, 7) is 0. The standard InChI is InChI=1S/C24H22N6OS/c25-24-23-18(7-21(31-23)20-12-32-22-10-26-4-3-17(20)22)19(9-27-24)13-8-28-30(11-13)16-5-14-1-2-15(6-16)29-14/h3-4,7-12,14-16,29H,1-2,5-6H2,(H2,25,27)/t14-,15+,16?. The zero-order valence-corrected chi connectivity index (χ0v) is 18.2. The first-order chi connectivity index (χ1) is 15.7. The lowest BCUT2D eigenvalue weighted by Gasteiger charge is -2.29. The van der Waals surface area contributed by atoms with Gasteiger partial charge in [-0.1, -0.05) is 0 Å². The summed E-state index contributed by atoms with van der Waals surface area (Å²) < 4.78 is 9.51. The Balaban J connectivity index is 1.31. The molecule has 7 rings (SSSR count). The summed E-state index contributed by atoms with van der Waals surface area (Å²) >= 11 is 1.66. The van der Waals surface area contributed by atoms with Gasteiger partial charge in [-0.25, -0.2) is 4.98 Å². The third kappa shape index (κ3) is 2.79. The van der Waals surface area contributed by atoms with Gasteiger partial charge >= 0.3 is 0 Å². The highest BCUT2D eigenvalue weighted by molar-refractivity contribution is 7.17. The minimum absolute atomic E-state index is 0.401. The summed E-state index contributed by atoms with van der Waals surface area (Å²) in [7, 11) is 0. The number of anilines is 1. The lowest BCUT2D eigenvalue weighted by atomic mass is 10.00. The van der Waals surface area contributed by atoms with Crippen LogP contribution in [0.2, 0.25) is 0 Å². The molecule has 8 heteroatoms. The van der Waals surface area contributed by atoms with Crippen LogP contribution in [0.3, 0.4) is 0 Å². The second-order valence-electron chi connectivity index (χ2n) is 8.90. The van der Waals surface area contributed by atoms with Gasteiger partial charge in [-0.05, 0) is 37.8 Å². The maximum absolute atomic E-state index is 6.24. The van der Waals surface area contributed by atoms with Crippen LogP contribution in [0.4, 0.5) is 5.82 Å². The Labute approximate surface area is 188 Å². The largest absolute Gasteiger partial charge is 0.452 e. The number of fused-ring (bicyclic) bond motifs is 4. The van der Waals surface area contributed by atoms with Crippen molar-refractivity contribution >= 4 is 38.2 Å². The van der Waals surface area contributed by atoms with E-state index in [-0.39, 0.29) is 0 Å². The topological polar surface area (TPSA) is 94.8 Å². The molecule has 2 saturated heterocycles. The summed E-state index contributed by atoms with van der Waals surface area (Å²) in [5, 5.41) is 12.6. The van der Waals surface area contributed by atoms with Crippen LogP contribution in [0.1, 0.15) is 31.7 Å². The van der Waals surface area contributed by atoms with Crippen molar-refractivity contribution in [3.05, 3.63) is 48.5 Å². The average molecular weight is 443 g/mol. The fraction of sp³-hybridized carbons (Fsp3) is 0.292. The zero-order valence-electron chi connectivity index (χ0n) is 17.4. The molecule has 5 aromatic heterocycles. The maximum atomic E-state index is 6.24. The highest BCUT2D eigenvalue weighted by Gasteiger charge is 2.34. The molecule has 7 nitrogen and oxygen atoms in total. The van der Waals surface area contributed by atoms with E-state index in [1.807, 2.05) is 30.9 Å². The van der Waals surface area contributed by atoms with Gasteiger partial charge in [0.2, 0.25) is 0 Å². The van der Waals surface area contributed by atoms with E-state index in [1.165, 1.54) is 12.8 Å². The summed E-state index contributed by atoms with van der Waals surface area (Å²) in [4.78, 5) is 8.65. The first-order valence-corrected chi connectivity index (χ1v) is 11.9. The van der Waals surface area contributed by atoms with E-state index in [4.69, 9.17) is 15.2 Å². The van der Waals surface area contributed by atoms with Crippen molar-refractivity contribution in [2.75, 3.05) is 5.73 Å². The number of hydrogen-bond acceptors (Lipinski definition) is 7. The van der Waals surface area contributed by atoms with Crippen LogP contribution in [-0.2, 0) is 0 Å². The highest BCUT2D eigenvalue weighted by Crippen LogP contribution is 2.41. The van der Waals surface area contributed by atoms with Crippen LogP contribution in [0.5, 0.6) is 0 Å². The summed E-state index contributed by atoms with van der Waals surface area (Å²) in [6, 6.07) is 5.80. The minimum atomic E-state index is 0.401. The lowest BCUT2D eigenvalue weighted by Crippen LogP contribution is -2.38. The second kappa shape index (κ2) is 6.88. The van der Waals surface area contributed by atoms with Crippen molar-refractivity contribution in [3.63, 3.8) is 0 Å². The van der Waals surface area contributed by atoms with Gasteiger partial charge in [-0.15, -0.1) is 11.3 Å². The molecule has 3 N–H and O–H groups in total. The predicted molar refractivity (Wildman–Crippen MR) is 126 cm³/mol. The molecule has 1 unspecified atom stereocenters. The molecule has 0 saturated carbocycles. The molecule has 3 atom stereocenters. The van der Waals surface area contributed by atoms with Gasteiger partial charge in [0.05, 0.1) is 16.9 Å². The van der Waals surface area contributed by atoms with Crippen molar-refractivity contribution in [1.82, 2.24) is 25.1 Å². The lowest BCUT2D eigenvalue weighted by molar-refractivity contribution is 0.281. The third-order valence-corrected chi connectivity index (χ3v) is 7.90. The van der Waals surface area contributed by atoms with Crippen molar-refractivity contribution in [1.29, 1.82) is 0 Å². The summed E-state index contributed by atoms with van der Waals surface area (Å²) in [6.07, 6.45) is 14.5. The molecule has 0 radical (unpaired) electrons. The molecular weight excluding hydrogens is 420 g/mol.